The lowest BCUT2D eigenvalue weighted by molar-refractivity contribution is 0.686. The van der Waals surface area contributed by atoms with E-state index in [1.807, 2.05) is 0 Å². The fraction of sp³-hybridized carbons (Fsp3) is 0.778. The molecule has 2 heteroatoms. The van der Waals surface area contributed by atoms with Gasteiger partial charge in [0.2, 0.25) is 0 Å². The number of unbranched alkanes of at least 4 members (excludes halogenated alkanes) is 1. The minimum absolute atomic E-state index is 1.03. The summed E-state index contributed by atoms with van der Waals surface area (Å²) < 4.78 is 1.28. The largest absolute Gasteiger partial charge is 0.313 e. The van der Waals surface area contributed by atoms with Crippen molar-refractivity contribution in [2.45, 2.75) is 26.7 Å². The summed E-state index contributed by atoms with van der Waals surface area (Å²) in [7, 11) is 0. The predicted molar refractivity (Wildman–Crippen MR) is 60.4 cm³/mol. The third kappa shape index (κ3) is 10.4. The van der Waals surface area contributed by atoms with Crippen LogP contribution in [0.4, 0.5) is 0 Å². The highest BCUT2D eigenvalue weighted by atomic mass is 127. The SMILES string of the molecule is CC(C)=CCNCCCCI. The van der Waals surface area contributed by atoms with Crippen LogP contribution in [0, 0.1) is 0 Å². The van der Waals surface area contributed by atoms with Gasteiger partial charge in [0.25, 0.3) is 0 Å². The van der Waals surface area contributed by atoms with E-state index >= 15 is 0 Å². The van der Waals surface area contributed by atoms with Gasteiger partial charge in [-0.1, -0.05) is 34.2 Å². The van der Waals surface area contributed by atoms with Crippen molar-refractivity contribution in [3.63, 3.8) is 0 Å². The summed E-state index contributed by atoms with van der Waals surface area (Å²) in [6.45, 7) is 6.45. The quantitative estimate of drug-likeness (QED) is 0.338. The summed E-state index contributed by atoms with van der Waals surface area (Å²) in [5.41, 5.74) is 1.39. The Bertz CT molecular complexity index is 106. The molecule has 11 heavy (non-hydrogen) atoms. The van der Waals surface area contributed by atoms with E-state index < -0.39 is 0 Å². The van der Waals surface area contributed by atoms with Crippen LogP contribution in [-0.2, 0) is 0 Å². The third-order valence-electron chi connectivity index (χ3n) is 1.39. The van der Waals surface area contributed by atoms with E-state index in [4.69, 9.17) is 0 Å². The van der Waals surface area contributed by atoms with Gasteiger partial charge in [0.05, 0.1) is 0 Å². The number of allylic oxidation sites excluding steroid dienone is 1. The predicted octanol–water partition coefficient (Wildman–Crippen LogP) is 2.76. The van der Waals surface area contributed by atoms with Gasteiger partial charge >= 0.3 is 0 Å². The maximum absolute atomic E-state index is 3.37. The van der Waals surface area contributed by atoms with Crippen LogP contribution in [0.5, 0.6) is 0 Å². The molecule has 0 spiro atoms. The summed E-state index contributed by atoms with van der Waals surface area (Å²) in [6.07, 6.45) is 4.87. The number of halogens is 1. The van der Waals surface area contributed by atoms with Crippen LogP contribution in [0.25, 0.3) is 0 Å². The Morgan fingerprint density at radius 2 is 2.09 bits per heavy atom. The lowest BCUT2D eigenvalue weighted by Gasteiger charge is -1.99. The molecule has 0 atom stereocenters. The Labute approximate surface area is 83.8 Å². The fourth-order valence-electron chi connectivity index (χ4n) is 0.723. The highest BCUT2D eigenvalue weighted by molar-refractivity contribution is 14.1. The van der Waals surface area contributed by atoms with Crippen molar-refractivity contribution >= 4 is 22.6 Å². The topological polar surface area (TPSA) is 12.0 Å². The van der Waals surface area contributed by atoms with E-state index in [-0.39, 0.29) is 0 Å². The molecular weight excluding hydrogens is 249 g/mol. The van der Waals surface area contributed by atoms with Gasteiger partial charge in [0.15, 0.2) is 0 Å². The Morgan fingerprint density at radius 1 is 1.36 bits per heavy atom. The molecule has 0 aromatic heterocycles. The van der Waals surface area contributed by atoms with Crippen LogP contribution in [0.1, 0.15) is 26.7 Å². The molecule has 0 aliphatic heterocycles. The lowest BCUT2D eigenvalue weighted by atomic mass is 10.3. The number of nitrogens with one attached hydrogen (secondary N) is 1. The first kappa shape index (κ1) is 11.4. The zero-order valence-corrected chi connectivity index (χ0v) is 9.65. The van der Waals surface area contributed by atoms with E-state index in [0.29, 0.717) is 0 Å². The molecule has 0 radical (unpaired) electrons. The summed E-state index contributed by atoms with van der Waals surface area (Å²) in [5, 5.41) is 3.37. The molecule has 0 heterocycles. The van der Waals surface area contributed by atoms with Crippen LogP contribution in [0.2, 0.25) is 0 Å². The van der Waals surface area contributed by atoms with Gasteiger partial charge in [-0.05, 0) is 37.7 Å². The zero-order chi connectivity index (χ0) is 8.53. The molecule has 0 saturated heterocycles. The van der Waals surface area contributed by atoms with Gasteiger partial charge in [0.1, 0.15) is 0 Å². The van der Waals surface area contributed by atoms with Gasteiger partial charge in [-0.2, -0.15) is 0 Å². The van der Waals surface area contributed by atoms with Crippen molar-refractivity contribution in [2.24, 2.45) is 0 Å². The van der Waals surface area contributed by atoms with E-state index in [0.717, 1.165) is 13.1 Å². The Hall–Kier alpha value is 0.430. The van der Waals surface area contributed by atoms with Crippen LogP contribution in [0.15, 0.2) is 11.6 Å². The Kier molecular flexibility index (Phi) is 8.86. The second-order valence-corrected chi connectivity index (χ2v) is 3.96. The smallest absolute Gasteiger partial charge is 0.0137 e. The van der Waals surface area contributed by atoms with Crippen molar-refractivity contribution in [3.8, 4) is 0 Å². The van der Waals surface area contributed by atoms with Crippen molar-refractivity contribution in [1.82, 2.24) is 5.32 Å². The van der Waals surface area contributed by atoms with Crippen LogP contribution >= 0.6 is 22.6 Å². The minimum Gasteiger partial charge on any atom is -0.313 e. The zero-order valence-electron chi connectivity index (χ0n) is 7.49. The standard InChI is InChI=1S/C9H18IN/c1-9(2)5-8-11-7-4-3-6-10/h5,11H,3-4,6-8H2,1-2H3. The van der Waals surface area contributed by atoms with Gasteiger partial charge in [-0.15, -0.1) is 0 Å². The molecule has 0 rings (SSSR count). The van der Waals surface area contributed by atoms with Gasteiger partial charge in [-0.3, -0.25) is 0 Å². The Morgan fingerprint density at radius 3 is 2.64 bits per heavy atom. The van der Waals surface area contributed by atoms with Crippen molar-refractivity contribution in [1.29, 1.82) is 0 Å². The molecule has 1 N–H and O–H groups in total. The van der Waals surface area contributed by atoms with E-state index in [2.05, 4.69) is 47.8 Å². The lowest BCUT2D eigenvalue weighted by Crippen LogP contribution is -2.15. The first-order valence-electron chi connectivity index (χ1n) is 4.17. The molecule has 0 aliphatic rings. The molecule has 0 fully saturated rings. The second-order valence-electron chi connectivity index (χ2n) is 2.88. The fourth-order valence-corrected chi connectivity index (χ4v) is 1.26. The summed E-state index contributed by atoms with van der Waals surface area (Å²) in [5.74, 6) is 0. The van der Waals surface area contributed by atoms with Gasteiger partial charge < -0.3 is 5.32 Å². The van der Waals surface area contributed by atoms with Gasteiger partial charge in [0, 0.05) is 6.54 Å². The number of alkyl halides is 1. The van der Waals surface area contributed by atoms with Crippen molar-refractivity contribution in [3.05, 3.63) is 11.6 Å². The molecule has 0 aliphatic carbocycles. The van der Waals surface area contributed by atoms with Gasteiger partial charge in [-0.25, -0.2) is 0 Å². The first-order valence-corrected chi connectivity index (χ1v) is 5.70. The summed E-state index contributed by atoms with van der Waals surface area (Å²) in [4.78, 5) is 0. The molecule has 0 aromatic rings. The molecular formula is C9H18IN. The van der Waals surface area contributed by atoms with E-state index in [1.165, 1.54) is 22.8 Å². The third-order valence-corrected chi connectivity index (χ3v) is 2.15. The molecule has 0 saturated carbocycles. The first-order chi connectivity index (χ1) is 5.27. The molecule has 0 bridgehead atoms. The second kappa shape index (κ2) is 8.53. The number of rotatable bonds is 6. The molecule has 0 amide bonds. The monoisotopic (exact) mass is 267 g/mol. The molecule has 0 unspecified atom stereocenters. The number of hydrogen-bond donors (Lipinski definition) is 1. The molecule has 1 nitrogen and oxygen atoms in total. The minimum atomic E-state index is 1.03. The van der Waals surface area contributed by atoms with Crippen LogP contribution in [-0.4, -0.2) is 17.5 Å². The average molecular weight is 267 g/mol. The highest BCUT2D eigenvalue weighted by Gasteiger charge is 1.84. The maximum atomic E-state index is 3.37. The molecule has 0 aromatic carbocycles. The number of hydrogen-bond acceptors (Lipinski definition) is 1. The Balaban J connectivity index is 2.97. The molecule has 66 valence electrons. The summed E-state index contributed by atoms with van der Waals surface area (Å²) >= 11 is 2.42. The van der Waals surface area contributed by atoms with Crippen LogP contribution < -0.4 is 5.32 Å². The average Bonchev–Trinajstić information content (AvgIpc) is 1.96. The van der Waals surface area contributed by atoms with Crippen LogP contribution in [0.3, 0.4) is 0 Å². The maximum Gasteiger partial charge on any atom is 0.0137 e. The van der Waals surface area contributed by atoms with Crippen molar-refractivity contribution in [2.75, 3.05) is 17.5 Å². The van der Waals surface area contributed by atoms with E-state index in [9.17, 15) is 0 Å². The van der Waals surface area contributed by atoms with Crippen molar-refractivity contribution < 1.29 is 0 Å². The highest BCUT2D eigenvalue weighted by Crippen LogP contribution is 1.92. The van der Waals surface area contributed by atoms with E-state index in [1.54, 1.807) is 0 Å². The summed E-state index contributed by atoms with van der Waals surface area (Å²) in [6, 6.07) is 0. The normalized spacial score (nSPS) is 9.73.